The summed E-state index contributed by atoms with van der Waals surface area (Å²) < 4.78 is 32.5. The zero-order valence-corrected chi connectivity index (χ0v) is 12.6. The number of alkyl halides is 2. The van der Waals surface area contributed by atoms with E-state index in [2.05, 4.69) is 12.3 Å². The van der Waals surface area contributed by atoms with Crippen LogP contribution in [0.5, 0.6) is 0 Å². The van der Waals surface area contributed by atoms with Crippen molar-refractivity contribution in [3.63, 3.8) is 0 Å². The van der Waals surface area contributed by atoms with Crippen LogP contribution in [0.1, 0.15) is 58.3 Å². The molecular weight excluding hydrogens is 262 g/mol. The third-order valence-electron chi connectivity index (χ3n) is 5.31. The second-order valence-electron chi connectivity index (χ2n) is 6.89. The number of rotatable bonds is 5. The van der Waals surface area contributed by atoms with Crippen molar-refractivity contribution >= 4 is 0 Å². The quantitative estimate of drug-likeness (QED) is 0.603. The SMILES string of the molecule is COC1(C(CC2CCC(F)(F)C2)NN)CCCC(C)C1. The topological polar surface area (TPSA) is 47.3 Å². The third kappa shape index (κ3) is 3.49. The molecule has 0 bridgehead atoms. The minimum atomic E-state index is -2.48. The highest BCUT2D eigenvalue weighted by molar-refractivity contribution is 4.98. The molecule has 0 radical (unpaired) electrons. The molecule has 3 nitrogen and oxygen atoms in total. The molecule has 2 aliphatic rings. The van der Waals surface area contributed by atoms with Gasteiger partial charge in [0.15, 0.2) is 0 Å². The van der Waals surface area contributed by atoms with Gasteiger partial charge in [-0.3, -0.25) is 11.3 Å². The first-order valence-corrected chi connectivity index (χ1v) is 7.80. The first-order valence-electron chi connectivity index (χ1n) is 7.80. The van der Waals surface area contributed by atoms with Crippen LogP contribution in [0.15, 0.2) is 0 Å². The lowest BCUT2D eigenvalue weighted by Gasteiger charge is -2.45. The monoisotopic (exact) mass is 290 g/mol. The molecule has 0 amide bonds. The van der Waals surface area contributed by atoms with Crippen LogP contribution in [0.4, 0.5) is 8.78 Å². The van der Waals surface area contributed by atoms with E-state index < -0.39 is 5.92 Å². The zero-order chi connectivity index (χ0) is 14.8. The normalized spacial score (nSPS) is 38.9. The van der Waals surface area contributed by atoms with Gasteiger partial charge in [-0.2, -0.15) is 0 Å². The van der Waals surface area contributed by atoms with Crippen molar-refractivity contribution in [3.8, 4) is 0 Å². The average Bonchev–Trinajstić information content (AvgIpc) is 2.75. The van der Waals surface area contributed by atoms with Gasteiger partial charge in [0.05, 0.1) is 11.6 Å². The van der Waals surface area contributed by atoms with Gasteiger partial charge in [-0.1, -0.05) is 19.8 Å². The fraction of sp³-hybridized carbons (Fsp3) is 1.00. The Morgan fingerprint density at radius 1 is 1.30 bits per heavy atom. The van der Waals surface area contributed by atoms with Crippen molar-refractivity contribution in [1.82, 2.24) is 5.43 Å². The summed E-state index contributed by atoms with van der Waals surface area (Å²) in [5.74, 6) is 3.91. The van der Waals surface area contributed by atoms with Crippen molar-refractivity contribution in [2.24, 2.45) is 17.7 Å². The van der Waals surface area contributed by atoms with E-state index in [1.165, 1.54) is 6.42 Å². The lowest BCUT2D eigenvalue weighted by molar-refractivity contribution is -0.0849. The van der Waals surface area contributed by atoms with Crippen LogP contribution in [-0.2, 0) is 4.74 Å². The number of hydrogen-bond acceptors (Lipinski definition) is 3. The van der Waals surface area contributed by atoms with E-state index in [0.717, 1.165) is 19.3 Å². The number of methoxy groups -OCH3 is 1. The summed E-state index contributed by atoms with van der Waals surface area (Å²) in [5, 5.41) is 0. The van der Waals surface area contributed by atoms with E-state index in [1.807, 2.05) is 0 Å². The second-order valence-corrected chi connectivity index (χ2v) is 6.89. The van der Waals surface area contributed by atoms with E-state index in [0.29, 0.717) is 18.8 Å². The van der Waals surface area contributed by atoms with Gasteiger partial charge in [0.2, 0.25) is 5.92 Å². The minimum absolute atomic E-state index is 0.000524. The van der Waals surface area contributed by atoms with E-state index in [4.69, 9.17) is 10.6 Å². The molecule has 0 aliphatic heterocycles. The van der Waals surface area contributed by atoms with Crippen molar-refractivity contribution < 1.29 is 13.5 Å². The number of hydrazine groups is 1. The molecule has 5 heteroatoms. The molecule has 2 aliphatic carbocycles. The van der Waals surface area contributed by atoms with E-state index >= 15 is 0 Å². The van der Waals surface area contributed by atoms with Crippen LogP contribution in [0.2, 0.25) is 0 Å². The molecular formula is C15H28F2N2O. The maximum atomic E-state index is 13.3. The van der Waals surface area contributed by atoms with Gasteiger partial charge >= 0.3 is 0 Å². The van der Waals surface area contributed by atoms with Crippen molar-refractivity contribution in [3.05, 3.63) is 0 Å². The molecule has 0 spiro atoms. The molecule has 4 atom stereocenters. The second kappa shape index (κ2) is 6.24. The summed E-state index contributed by atoms with van der Waals surface area (Å²) in [6.07, 6.45) is 5.56. The fourth-order valence-electron chi connectivity index (χ4n) is 4.20. The van der Waals surface area contributed by atoms with Gasteiger partial charge in [0.25, 0.3) is 0 Å². The van der Waals surface area contributed by atoms with Gasteiger partial charge < -0.3 is 4.74 Å². The highest BCUT2D eigenvalue weighted by Gasteiger charge is 2.46. The van der Waals surface area contributed by atoms with Gasteiger partial charge in [0.1, 0.15) is 0 Å². The Balaban J connectivity index is 2.02. The van der Waals surface area contributed by atoms with Gasteiger partial charge in [0, 0.05) is 20.0 Å². The number of nitrogens with two attached hydrogens (primary N) is 1. The molecule has 0 saturated heterocycles. The van der Waals surface area contributed by atoms with E-state index in [-0.39, 0.29) is 30.4 Å². The van der Waals surface area contributed by atoms with Crippen molar-refractivity contribution in [2.45, 2.75) is 75.9 Å². The first-order chi connectivity index (χ1) is 9.41. The largest absolute Gasteiger partial charge is 0.377 e. The van der Waals surface area contributed by atoms with Crippen LogP contribution in [0.25, 0.3) is 0 Å². The lowest BCUT2D eigenvalue weighted by Crippen LogP contribution is -2.57. The highest BCUT2D eigenvalue weighted by Crippen LogP contribution is 2.44. The molecule has 2 saturated carbocycles. The Hall–Kier alpha value is -0.260. The molecule has 20 heavy (non-hydrogen) atoms. The van der Waals surface area contributed by atoms with Crippen LogP contribution < -0.4 is 11.3 Å². The first kappa shape index (κ1) is 16.1. The maximum Gasteiger partial charge on any atom is 0.248 e. The summed E-state index contributed by atoms with van der Waals surface area (Å²) >= 11 is 0. The van der Waals surface area contributed by atoms with Crippen LogP contribution in [0.3, 0.4) is 0 Å². The van der Waals surface area contributed by atoms with Crippen molar-refractivity contribution in [1.29, 1.82) is 0 Å². The van der Waals surface area contributed by atoms with E-state index in [1.54, 1.807) is 7.11 Å². The number of halogens is 2. The number of hydrogen-bond donors (Lipinski definition) is 2. The number of nitrogens with one attached hydrogen (secondary N) is 1. The molecule has 0 aromatic rings. The van der Waals surface area contributed by atoms with Gasteiger partial charge in [-0.05, 0) is 37.5 Å². The molecule has 2 rings (SSSR count). The highest BCUT2D eigenvalue weighted by atomic mass is 19.3. The Labute approximate surface area is 120 Å². The van der Waals surface area contributed by atoms with E-state index in [9.17, 15) is 8.78 Å². The average molecular weight is 290 g/mol. The fourth-order valence-corrected chi connectivity index (χ4v) is 4.20. The Bertz CT molecular complexity index is 327. The molecule has 4 unspecified atom stereocenters. The summed E-state index contributed by atoms with van der Waals surface area (Å²) in [6.45, 7) is 2.23. The molecule has 0 aromatic carbocycles. The molecule has 3 N–H and O–H groups in total. The number of ether oxygens (including phenoxy) is 1. The molecule has 0 aromatic heterocycles. The molecule has 2 fully saturated rings. The predicted molar refractivity (Wildman–Crippen MR) is 75.4 cm³/mol. The van der Waals surface area contributed by atoms with Crippen LogP contribution in [-0.4, -0.2) is 24.7 Å². The predicted octanol–water partition coefficient (Wildman–Crippen LogP) is 3.24. The zero-order valence-electron chi connectivity index (χ0n) is 12.6. The Kier molecular flexibility index (Phi) is 5.03. The lowest BCUT2D eigenvalue weighted by atomic mass is 9.72. The Morgan fingerprint density at radius 3 is 2.55 bits per heavy atom. The molecule has 118 valence electrons. The summed E-state index contributed by atoms with van der Waals surface area (Å²) in [5.41, 5.74) is 2.58. The minimum Gasteiger partial charge on any atom is -0.377 e. The van der Waals surface area contributed by atoms with Gasteiger partial charge in [-0.15, -0.1) is 0 Å². The summed E-state index contributed by atoms with van der Waals surface area (Å²) in [6, 6.07) is -0.0332. The van der Waals surface area contributed by atoms with Crippen LogP contribution >= 0.6 is 0 Å². The van der Waals surface area contributed by atoms with Crippen LogP contribution in [0, 0.1) is 11.8 Å². The smallest absolute Gasteiger partial charge is 0.248 e. The summed E-state index contributed by atoms with van der Waals surface area (Å²) in [4.78, 5) is 0. The third-order valence-corrected chi connectivity index (χ3v) is 5.31. The standard InChI is InChI=1S/C15H28F2N2O/c1-11-4-3-6-14(9-11,20-2)13(19-18)8-12-5-7-15(16,17)10-12/h11-13,19H,3-10,18H2,1-2H3. The summed E-state index contributed by atoms with van der Waals surface area (Å²) in [7, 11) is 1.73. The maximum absolute atomic E-state index is 13.3. The van der Waals surface area contributed by atoms with Crippen molar-refractivity contribution in [2.75, 3.05) is 7.11 Å². The van der Waals surface area contributed by atoms with Gasteiger partial charge in [-0.25, -0.2) is 8.78 Å². The Morgan fingerprint density at radius 2 is 2.05 bits per heavy atom. The molecule has 0 heterocycles.